The van der Waals surface area contributed by atoms with Gasteiger partial charge in [0, 0.05) is 0 Å². The van der Waals surface area contributed by atoms with Gasteiger partial charge in [0.25, 0.3) is 0 Å². The summed E-state index contributed by atoms with van der Waals surface area (Å²) in [5.74, 6) is 1.44. The SMILES string of the molecule is Cc1ccccc1B1OC2CC3CC(C3(C)C)C2(C)O1. The molecule has 3 aliphatic carbocycles. The highest BCUT2D eigenvalue weighted by molar-refractivity contribution is 6.62. The van der Waals surface area contributed by atoms with Gasteiger partial charge in [0.2, 0.25) is 0 Å². The van der Waals surface area contributed by atoms with Crippen LogP contribution >= 0.6 is 0 Å². The van der Waals surface area contributed by atoms with E-state index in [4.69, 9.17) is 9.31 Å². The van der Waals surface area contributed by atoms with Gasteiger partial charge in [0.15, 0.2) is 0 Å². The average molecular weight is 270 g/mol. The zero-order valence-corrected chi connectivity index (χ0v) is 12.8. The van der Waals surface area contributed by atoms with Gasteiger partial charge in [-0.15, -0.1) is 0 Å². The van der Waals surface area contributed by atoms with Gasteiger partial charge in [-0.1, -0.05) is 43.7 Å². The van der Waals surface area contributed by atoms with Crippen LogP contribution in [0, 0.1) is 24.2 Å². The Labute approximate surface area is 122 Å². The summed E-state index contributed by atoms with van der Waals surface area (Å²) < 4.78 is 12.8. The number of hydrogen-bond donors (Lipinski definition) is 0. The molecule has 0 N–H and O–H groups in total. The van der Waals surface area contributed by atoms with E-state index in [2.05, 4.69) is 52.0 Å². The van der Waals surface area contributed by atoms with Crippen LogP contribution < -0.4 is 5.46 Å². The molecule has 4 fully saturated rings. The summed E-state index contributed by atoms with van der Waals surface area (Å²) in [6, 6.07) is 8.41. The Morgan fingerprint density at radius 1 is 1.15 bits per heavy atom. The molecule has 1 aromatic carbocycles. The van der Waals surface area contributed by atoms with E-state index in [1.54, 1.807) is 0 Å². The van der Waals surface area contributed by atoms with Gasteiger partial charge in [-0.3, -0.25) is 0 Å². The minimum absolute atomic E-state index is 0.106. The fraction of sp³-hybridized carbons (Fsp3) is 0.647. The fourth-order valence-corrected chi connectivity index (χ4v) is 4.85. The van der Waals surface area contributed by atoms with Crippen LogP contribution in [-0.4, -0.2) is 18.8 Å². The third-order valence-corrected chi connectivity index (χ3v) is 6.39. The lowest BCUT2D eigenvalue weighted by Gasteiger charge is -2.64. The zero-order valence-electron chi connectivity index (χ0n) is 12.8. The van der Waals surface area contributed by atoms with Gasteiger partial charge in [-0.05, 0) is 49.4 Å². The van der Waals surface area contributed by atoms with Gasteiger partial charge in [-0.25, -0.2) is 0 Å². The molecule has 0 aromatic heterocycles. The van der Waals surface area contributed by atoms with E-state index in [1.165, 1.54) is 17.4 Å². The molecule has 0 amide bonds. The monoisotopic (exact) mass is 270 g/mol. The predicted molar refractivity (Wildman–Crippen MR) is 80.9 cm³/mol. The number of rotatable bonds is 1. The Kier molecular flexibility index (Phi) is 2.51. The molecule has 2 nitrogen and oxygen atoms in total. The quantitative estimate of drug-likeness (QED) is 0.730. The predicted octanol–water partition coefficient (Wildman–Crippen LogP) is 2.93. The highest BCUT2D eigenvalue weighted by Gasteiger charge is 2.68. The van der Waals surface area contributed by atoms with Crippen molar-refractivity contribution in [2.24, 2.45) is 17.3 Å². The van der Waals surface area contributed by atoms with Crippen molar-refractivity contribution in [1.82, 2.24) is 0 Å². The summed E-state index contributed by atoms with van der Waals surface area (Å²) in [7, 11) is -0.179. The fourth-order valence-electron chi connectivity index (χ4n) is 4.85. The third kappa shape index (κ3) is 1.48. The Morgan fingerprint density at radius 3 is 2.60 bits per heavy atom. The van der Waals surface area contributed by atoms with E-state index in [0.717, 1.165) is 12.3 Å². The van der Waals surface area contributed by atoms with E-state index in [0.29, 0.717) is 11.3 Å². The standard InChI is InChI=1S/C17H23BO2/c1-11-7-5-6-8-13(11)18-19-15-10-12-9-14(16(12,2)3)17(15,4)20-18/h5-8,12,14-15H,9-10H2,1-4H3. The molecular formula is C17H23BO2. The maximum atomic E-state index is 6.48. The van der Waals surface area contributed by atoms with Gasteiger partial charge in [0.1, 0.15) is 0 Å². The molecule has 4 unspecified atom stereocenters. The second kappa shape index (κ2) is 3.89. The summed E-state index contributed by atoms with van der Waals surface area (Å²) in [4.78, 5) is 0. The van der Waals surface area contributed by atoms with Gasteiger partial charge in [-0.2, -0.15) is 0 Å². The van der Waals surface area contributed by atoms with E-state index < -0.39 is 0 Å². The van der Waals surface area contributed by atoms with Crippen LogP contribution in [0.15, 0.2) is 24.3 Å². The maximum Gasteiger partial charge on any atom is 0.494 e. The van der Waals surface area contributed by atoms with Crippen LogP contribution in [-0.2, 0) is 9.31 Å². The van der Waals surface area contributed by atoms with Crippen molar-refractivity contribution in [3.05, 3.63) is 29.8 Å². The van der Waals surface area contributed by atoms with Gasteiger partial charge in [0.05, 0.1) is 11.7 Å². The molecule has 3 heteroatoms. The first-order valence-corrected chi connectivity index (χ1v) is 7.81. The van der Waals surface area contributed by atoms with Gasteiger partial charge < -0.3 is 9.31 Å². The zero-order chi connectivity index (χ0) is 14.1. The summed E-state index contributed by atoms with van der Waals surface area (Å²) in [5.41, 5.74) is 2.75. The molecule has 20 heavy (non-hydrogen) atoms. The van der Waals surface area contributed by atoms with Crippen LogP contribution in [0.5, 0.6) is 0 Å². The third-order valence-electron chi connectivity index (χ3n) is 6.39. The number of aryl methyl sites for hydroxylation is 1. The molecule has 1 aliphatic heterocycles. The Balaban J connectivity index is 1.66. The number of hydrogen-bond acceptors (Lipinski definition) is 2. The van der Waals surface area contributed by atoms with Crippen molar-refractivity contribution >= 4 is 12.6 Å². The summed E-state index contributed by atoms with van der Waals surface area (Å²) in [5, 5.41) is 0. The van der Waals surface area contributed by atoms with E-state index >= 15 is 0 Å². The first-order valence-electron chi connectivity index (χ1n) is 7.81. The van der Waals surface area contributed by atoms with Gasteiger partial charge >= 0.3 is 7.12 Å². The Morgan fingerprint density at radius 2 is 1.90 bits per heavy atom. The van der Waals surface area contributed by atoms with Crippen molar-refractivity contribution in [3.63, 3.8) is 0 Å². The molecule has 2 bridgehead atoms. The minimum Gasteiger partial charge on any atom is -0.402 e. The highest BCUT2D eigenvalue weighted by atomic mass is 16.7. The molecule has 3 saturated carbocycles. The van der Waals surface area contributed by atoms with Crippen molar-refractivity contribution in [2.45, 2.75) is 52.2 Å². The highest BCUT2D eigenvalue weighted by Crippen LogP contribution is 2.65. The topological polar surface area (TPSA) is 18.5 Å². The second-order valence-corrected chi connectivity index (χ2v) is 7.66. The lowest BCUT2D eigenvalue weighted by molar-refractivity contribution is -0.199. The molecule has 5 rings (SSSR count). The maximum absolute atomic E-state index is 6.48. The van der Waals surface area contributed by atoms with Crippen LogP contribution in [0.25, 0.3) is 0 Å². The Hall–Kier alpha value is -0.795. The average Bonchev–Trinajstić information content (AvgIpc) is 2.75. The largest absolute Gasteiger partial charge is 0.494 e. The molecule has 1 saturated heterocycles. The summed E-state index contributed by atoms with van der Waals surface area (Å²) in [6.07, 6.45) is 2.73. The van der Waals surface area contributed by atoms with Crippen molar-refractivity contribution < 1.29 is 9.31 Å². The molecule has 0 spiro atoms. The van der Waals surface area contributed by atoms with Crippen molar-refractivity contribution in [2.75, 3.05) is 0 Å². The van der Waals surface area contributed by atoms with Crippen molar-refractivity contribution in [3.8, 4) is 0 Å². The summed E-state index contributed by atoms with van der Waals surface area (Å²) >= 11 is 0. The molecule has 0 radical (unpaired) electrons. The molecule has 4 aliphatic rings. The lowest BCUT2D eigenvalue weighted by atomic mass is 9.43. The first kappa shape index (κ1) is 12.9. The molecule has 1 aromatic rings. The molecule has 4 atom stereocenters. The molecule has 1 heterocycles. The first-order chi connectivity index (χ1) is 9.43. The van der Waals surface area contributed by atoms with Crippen LogP contribution in [0.3, 0.4) is 0 Å². The molecule has 106 valence electrons. The van der Waals surface area contributed by atoms with E-state index in [1.807, 2.05) is 0 Å². The normalized spacial score (nSPS) is 41.2. The van der Waals surface area contributed by atoms with Crippen LogP contribution in [0.2, 0.25) is 0 Å². The summed E-state index contributed by atoms with van der Waals surface area (Å²) in [6.45, 7) is 9.21. The smallest absolute Gasteiger partial charge is 0.402 e. The van der Waals surface area contributed by atoms with E-state index in [9.17, 15) is 0 Å². The van der Waals surface area contributed by atoms with Crippen molar-refractivity contribution in [1.29, 1.82) is 0 Å². The number of benzene rings is 1. The lowest BCUT2D eigenvalue weighted by Crippen LogP contribution is -2.65. The second-order valence-electron chi connectivity index (χ2n) is 7.66. The van der Waals surface area contributed by atoms with E-state index in [-0.39, 0.29) is 18.8 Å². The van der Waals surface area contributed by atoms with Crippen LogP contribution in [0.4, 0.5) is 0 Å². The minimum atomic E-state index is -0.179. The molecular weight excluding hydrogens is 247 g/mol. The van der Waals surface area contributed by atoms with Crippen LogP contribution in [0.1, 0.15) is 39.2 Å². The Bertz CT molecular complexity index is 556.